The van der Waals surface area contributed by atoms with Crippen molar-refractivity contribution < 1.29 is 162 Å². The Labute approximate surface area is 779 Å². The molecular weight excluding hydrogens is 1710 g/mol. The summed E-state index contributed by atoms with van der Waals surface area (Å²) in [7, 11) is 21.8. The van der Waals surface area contributed by atoms with Crippen LogP contribution in [0.25, 0.3) is 11.1 Å². The summed E-state index contributed by atoms with van der Waals surface area (Å²) < 4.78 is 94.2. The van der Waals surface area contributed by atoms with Gasteiger partial charge in [-0.2, -0.15) is 0 Å². The highest BCUT2D eigenvalue weighted by atomic mass is 19.1. The summed E-state index contributed by atoms with van der Waals surface area (Å²) in [5.41, 5.74) is 6.20. The number of esters is 14. The molecule has 0 heterocycles. The fourth-order valence-corrected chi connectivity index (χ4v) is 8.66. The van der Waals surface area contributed by atoms with E-state index in [1.54, 1.807) is 52.7 Å². The Morgan fingerprint density at radius 2 is 0.611 bits per heavy atom. The molecule has 0 radical (unpaired) electrons. The van der Waals surface area contributed by atoms with E-state index in [4.69, 9.17) is 9.47 Å². The Kier molecular flexibility index (Phi) is 105. The molecule has 33 nitrogen and oxygen atoms in total. The first kappa shape index (κ1) is 149. The largest absolute Gasteiger partial charge is 0.497 e. The molecule has 1 aliphatic carbocycles. The van der Waals surface area contributed by atoms with Crippen molar-refractivity contribution >= 4 is 89.4 Å². The number of carbonyl (C=O) groups excluding carboxylic acids is 15. The molecule has 0 bridgehead atoms. The van der Waals surface area contributed by atoms with E-state index in [9.17, 15) is 76.3 Å². The van der Waals surface area contributed by atoms with Gasteiger partial charge in [-0.3, -0.25) is 43.2 Å². The second kappa shape index (κ2) is 91.8. The van der Waals surface area contributed by atoms with Crippen molar-refractivity contribution in [3.63, 3.8) is 0 Å². The number of methoxy groups -OCH3 is 16. The quantitative estimate of drug-likeness (QED) is 0.0264. The SMILES string of the molecule is C.C.C.C.C.C.C.C.C.C.CC(=O)OCOC(C)=O.CCC.COC(=O)C1CCC(C(=O)OC)CC1.COC(=O)CC(=O)OC.COC(=O)CCC(C(C)=O)C(=O)OC.COC(=O)c1ccc(-c2ccc(C(=O)OC)cc2)cc1.COC(=O)c1ccc(C(=O)OC)c(F)c1.COC(=O)c1ccc(C(=O)OC)cc1.COCOC.COc1ccc(OC)cc1.Cc1ccc(C)cc1. The van der Waals surface area contributed by atoms with Gasteiger partial charge in [0, 0.05) is 34.5 Å². The molecular formula is C97H155FO33. The minimum atomic E-state index is -0.862. The van der Waals surface area contributed by atoms with Crippen LogP contribution < -0.4 is 9.47 Å². The van der Waals surface area contributed by atoms with Gasteiger partial charge < -0.3 is 85.3 Å². The Hall–Kier alpha value is -13.0. The van der Waals surface area contributed by atoms with Gasteiger partial charge in [0.25, 0.3) is 0 Å². The number of hydrogen-bond acceptors (Lipinski definition) is 33. The molecule has 6 aromatic rings. The number of rotatable bonds is 22. The van der Waals surface area contributed by atoms with Crippen LogP contribution in [0.3, 0.4) is 0 Å². The van der Waals surface area contributed by atoms with E-state index in [0.717, 1.165) is 61.5 Å². The zero-order chi connectivity index (χ0) is 93.0. The highest BCUT2D eigenvalue weighted by Crippen LogP contribution is 2.30. The second-order valence-corrected chi connectivity index (χ2v) is 23.9. The standard InChI is InChI=1S/C16H14O4.C10H9FO4.C10H16O4.C10H10O4.C9H14O5.C8H10O2.C8H10.2C5H8O4.C3H8O2.C3H8.10CH4/c1-19-15(17)13-7-3-11(4-8-13)12-5-9-14(10-6-12)16(18)20-2;1-14-9(12)6-3-4-7(8(11)5-6)10(13)15-2;2*1-13-9(11)7-3-5-8(6-4-7)10(12)14-2;1-6(10)7(9(12)14-3)4-5-8(11)13-2;1-9-7-3-5-8(10-2)6-4-7;1-7-3-5-8(2)6-4-7;1-8-4(6)3-5(7)9-2;1-4(6)8-3-9-5(2)7;1-4-3-5-2;1-3-2;;;;;;;;;;/h3-10H,1-2H3;3-5H,1-2H3;7-8H,3-6H2,1-2H3;3-6H,1-2H3;7H,4-5H2,1-3H3;3-6H,1-2H3;3-6H,1-2H3;2*3H2,1-2H3;3H2,1-2H3;3H2,1-2H3;10*1H4. The van der Waals surface area contributed by atoms with Crippen molar-refractivity contribution in [1.82, 2.24) is 0 Å². The maximum Gasteiger partial charge on any atom is 0.340 e. The zero-order valence-corrected chi connectivity index (χ0v) is 72.9. The molecule has 34 heteroatoms. The lowest BCUT2D eigenvalue weighted by atomic mass is 9.82. The van der Waals surface area contributed by atoms with Gasteiger partial charge >= 0.3 is 83.6 Å². The molecule has 0 aromatic heterocycles. The molecule has 7 rings (SSSR count). The normalized spacial score (nSPS) is 10.5. The molecule has 0 amide bonds. The van der Waals surface area contributed by atoms with Crippen LogP contribution in [0, 0.1) is 37.4 Å². The fourth-order valence-electron chi connectivity index (χ4n) is 8.66. The topological polar surface area (TPSA) is 422 Å². The summed E-state index contributed by atoms with van der Waals surface area (Å²) in [4.78, 5) is 162. The van der Waals surface area contributed by atoms with E-state index < -0.39 is 71.4 Å². The molecule has 6 aromatic carbocycles. The van der Waals surface area contributed by atoms with Gasteiger partial charge in [-0.15, -0.1) is 0 Å². The van der Waals surface area contributed by atoms with Gasteiger partial charge in [0.2, 0.25) is 6.79 Å². The second-order valence-electron chi connectivity index (χ2n) is 23.9. The number of halogens is 1. The Bertz CT molecular complexity index is 3850. The number of aryl methyl sites for hydroxylation is 2. The average molecular weight is 1870 g/mol. The molecule has 0 aliphatic heterocycles. The lowest BCUT2D eigenvalue weighted by Gasteiger charge is -2.24. The van der Waals surface area contributed by atoms with Gasteiger partial charge in [0.15, 0.2) is 0 Å². The van der Waals surface area contributed by atoms with Crippen LogP contribution in [0.15, 0.2) is 140 Å². The Morgan fingerprint density at radius 1 is 0.336 bits per heavy atom. The number of ketones is 1. The average Bonchev–Trinajstić information content (AvgIpc) is 0.851. The van der Waals surface area contributed by atoms with Gasteiger partial charge in [-0.05, 0) is 155 Å². The maximum atomic E-state index is 13.3. The molecule has 0 N–H and O–H groups in total. The van der Waals surface area contributed by atoms with E-state index in [2.05, 4.69) is 128 Å². The van der Waals surface area contributed by atoms with Crippen LogP contribution in [0.1, 0.15) is 234 Å². The van der Waals surface area contributed by atoms with Crippen LogP contribution in [-0.2, 0) is 119 Å². The highest BCUT2D eigenvalue weighted by Gasteiger charge is 2.31. The first-order valence-corrected chi connectivity index (χ1v) is 36.5. The van der Waals surface area contributed by atoms with E-state index in [0.29, 0.717) is 29.0 Å². The predicted octanol–water partition coefficient (Wildman–Crippen LogP) is 18.9. The van der Waals surface area contributed by atoms with Crippen LogP contribution in [0.2, 0.25) is 0 Å². The molecule has 1 aliphatic rings. The van der Waals surface area contributed by atoms with Crippen LogP contribution in [0.4, 0.5) is 4.39 Å². The first-order chi connectivity index (χ1) is 57.4. The summed E-state index contributed by atoms with van der Waals surface area (Å²) >= 11 is 0. The van der Waals surface area contributed by atoms with Gasteiger partial charge in [0.05, 0.1) is 145 Å². The molecule has 0 saturated heterocycles. The van der Waals surface area contributed by atoms with Crippen molar-refractivity contribution in [2.45, 2.75) is 174 Å². The number of Topliss-reactive ketones (excluding diaryl/α,β-unsaturated/α-hetero) is 1. The third-order valence-corrected chi connectivity index (χ3v) is 15.1. The molecule has 131 heavy (non-hydrogen) atoms. The van der Waals surface area contributed by atoms with Crippen molar-refractivity contribution in [2.24, 2.45) is 17.8 Å². The third-order valence-electron chi connectivity index (χ3n) is 15.1. The molecule has 0 spiro atoms. The first-order valence-electron chi connectivity index (χ1n) is 36.5. The van der Waals surface area contributed by atoms with E-state index >= 15 is 0 Å². The maximum absolute atomic E-state index is 13.3. The van der Waals surface area contributed by atoms with E-state index in [-0.39, 0.29) is 153 Å². The number of carbonyl (C=O) groups is 15. The van der Waals surface area contributed by atoms with Crippen LogP contribution in [0.5, 0.6) is 11.5 Å². The van der Waals surface area contributed by atoms with E-state index in [1.807, 2.05) is 48.5 Å². The molecule has 748 valence electrons. The molecule has 1 atom stereocenters. The highest BCUT2D eigenvalue weighted by molar-refractivity contribution is 5.98. The summed E-state index contributed by atoms with van der Waals surface area (Å²) in [6, 6.07) is 39.5. The minimum Gasteiger partial charge on any atom is -0.497 e. The van der Waals surface area contributed by atoms with Crippen molar-refractivity contribution in [2.75, 3.05) is 127 Å². The zero-order valence-electron chi connectivity index (χ0n) is 72.9. The van der Waals surface area contributed by atoms with Crippen molar-refractivity contribution in [3.8, 4) is 22.6 Å². The smallest absolute Gasteiger partial charge is 0.340 e. The Morgan fingerprint density at radius 3 is 0.832 bits per heavy atom. The monoisotopic (exact) mass is 1870 g/mol. The van der Waals surface area contributed by atoms with Crippen LogP contribution in [-0.4, -0.2) is 217 Å². The van der Waals surface area contributed by atoms with Crippen LogP contribution >= 0.6 is 0 Å². The Balaban J connectivity index is -0.0000000970. The molecule has 1 saturated carbocycles. The van der Waals surface area contributed by atoms with Crippen molar-refractivity contribution in [1.29, 1.82) is 0 Å². The molecule has 1 unspecified atom stereocenters. The number of hydrogen-bond donors (Lipinski definition) is 0. The number of ether oxygens (including phenoxy) is 18. The van der Waals surface area contributed by atoms with E-state index in [1.165, 1.54) is 153 Å². The summed E-state index contributed by atoms with van der Waals surface area (Å²) in [6.45, 7) is 12.3. The van der Waals surface area contributed by atoms with Crippen molar-refractivity contribution in [3.05, 3.63) is 190 Å². The predicted molar refractivity (Wildman–Crippen MR) is 504 cm³/mol. The summed E-state index contributed by atoms with van der Waals surface area (Å²) in [5.74, 6) is -6.83. The lowest BCUT2D eigenvalue weighted by Crippen LogP contribution is -2.27. The number of benzene rings is 6. The summed E-state index contributed by atoms with van der Waals surface area (Å²) in [6.07, 6.45) is 4.02. The van der Waals surface area contributed by atoms with Gasteiger partial charge in [0.1, 0.15) is 42.2 Å². The minimum absolute atomic E-state index is 0. The van der Waals surface area contributed by atoms with Gasteiger partial charge in [-0.25, -0.2) is 33.2 Å². The third kappa shape index (κ3) is 69.7. The van der Waals surface area contributed by atoms with Gasteiger partial charge in [-0.1, -0.05) is 154 Å². The fraction of sp³-hybridized carbons (Fsp3) is 0.474. The summed E-state index contributed by atoms with van der Waals surface area (Å²) in [5, 5.41) is 0. The lowest BCUT2D eigenvalue weighted by molar-refractivity contribution is -0.164. The molecule has 1 fully saturated rings.